The lowest BCUT2D eigenvalue weighted by Crippen LogP contribution is -2.17. The molecule has 0 aliphatic carbocycles. The number of allylic oxidation sites excluding steroid dienone is 2. The monoisotopic (exact) mass is 262 g/mol. The van der Waals surface area contributed by atoms with E-state index < -0.39 is 0 Å². The summed E-state index contributed by atoms with van der Waals surface area (Å²) < 4.78 is 0. The predicted octanol–water partition coefficient (Wildman–Crippen LogP) is 4.90. The van der Waals surface area contributed by atoms with Crippen molar-refractivity contribution >= 4 is 0 Å². The quantitative estimate of drug-likeness (QED) is 0.489. The minimum absolute atomic E-state index is 1.02. The van der Waals surface area contributed by atoms with Crippen molar-refractivity contribution in [3.8, 4) is 0 Å². The third-order valence-corrected chi connectivity index (χ3v) is 3.41. The second-order valence-electron chi connectivity index (χ2n) is 4.98. The summed E-state index contributed by atoms with van der Waals surface area (Å²) in [7, 11) is 0. The number of nitrogens with zero attached hydrogens (tertiary/aromatic N) is 2. The Hall–Kier alpha value is -1.44. The van der Waals surface area contributed by atoms with Crippen molar-refractivity contribution in [3.05, 3.63) is 49.6 Å². The van der Waals surface area contributed by atoms with Gasteiger partial charge in [-0.15, -0.1) is 0 Å². The van der Waals surface area contributed by atoms with Gasteiger partial charge in [-0.25, -0.2) is 0 Å². The molecular formula is C17H30N2. The van der Waals surface area contributed by atoms with Gasteiger partial charge in [0.15, 0.2) is 0 Å². The van der Waals surface area contributed by atoms with Crippen LogP contribution in [0.15, 0.2) is 49.6 Å². The maximum Gasteiger partial charge on any atom is 0.0221 e. The minimum atomic E-state index is 1.02. The predicted molar refractivity (Wildman–Crippen MR) is 86.5 cm³/mol. The molecule has 19 heavy (non-hydrogen) atoms. The summed E-state index contributed by atoms with van der Waals surface area (Å²) in [6, 6.07) is 0. The molecule has 0 unspecified atom stereocenters. The molecule has 0 aromatic carbocycles. The molecule has 0 N–H and O–H groups in total. The third kappa shape index (κ3) is 7.55. The van der Waals surface area contributed by atoms with Gasteiger partial charge in [0.25, 0.3) is 0 Å². The number of rotatable bonds is 11. The van der Waals surface area contributed by atoms with E-state index >= 15 is 0 Å². The van der Waals surface area contributed by atoms with E-state index in [0.717, 1.165) is 13.1 Å². The van der Waals surface area contributed by atoms with Crippen molar-refractivity contribution in [2.45, 2.75) is 46.5 Å². The first-order valence-electron chi connectivity index (χ1n) is 7.11. The van der Waals surface area contributed by atoms with Gasteiger partial charge < -0.3 is 9.80 Å². The van der Waals surface area contributed by atoms with E-state index in [0.29, 0.717) is 0 Å². The van der Waals surface area contributed by atoms with Gasteiger partial charge >= 0.3 is 0 Å². The van der Waals surface area contributed by atoms with Gasteiger partial charge in [-0.3, -0.25) is 0 Å². The summed E-state index contributed by atoms with van der Waals surface area (Å²) in [6.45, 7) is 19.9. The highest BCUT2D eigenvalue weighted by atomic mass is 15.1. The van der Waals surface area contributed by atoms with Crippen molar-refractivity contribution in [1.82, 2.24) is 9.80 Å². The van der Waals surface area contributed by atoms with Crippen molar-refractivity contribution < 1.29 is 0 Å². The van der Waals surface area contributed by atoms with Gasteiger partial charge in [0, 0.05) is 18.8 Å². The molecule has 2 heteroatoms. The highest BCUT2D eigenvalue weighted by Gasteiger charge is 2.02. The first kappa shape index (κ1) is 17.6. The third-order valence-electron chi connectivity index (χ3n) is 3.41. The van der Waals surface area contributed by atoms with Crippen LogP contribution in [0.1, 0.15) is 46.5 Å². The summed E-state index contributed by atoms with van der Waals surface area (Å²) in [5, 5.41) is 0. The van der Waals surface area contributed by atoms with Crippen LogP contribution in [0.5, 0.6) is 0 Å². The largest absolute Gasteiger partial charge is 0.355 e. The first-order chi connectivity index (χ1) is 9.06. The molecule has 2 nitrogen and oxygen atoms in total. The van der Waals surface area contributed by atoms with Crippen LogP contribution in [-0.4, -0.2) is 22.9 Å². The number of unbranched alkanes of at least 4 members (excludes halogenated alkanes) is 3. The Labute approximate surface area is 119 Å². The molecule has 0 heterocycles. The molecule has 0 saturated carbocycles. The van der Waals surface area contributed by atoms with E-state index in [1.54, 1.807) is 0 Å². The first-order valence-corrected chi connectivity index (χ1v) is 7.11. The highest BCUT2D eigenvalue weighted by Crippen LogP contribution is 2.12. The van der Waals surface area contributed by atoms with Crippen LogP contribution in [-0.2, 0) is 0 Å². The Morgan fingerprint density at radius 3 is 1.74 bits per heavy atom. The molecule has 0 amide bonds. The van der Waals surface area contributed by atoms with Crippen LogP contribution in [0.3, 0.4) is 0 Å². The Morgan fingerprint density at radius 2 is 1.32 bits per heavy atom. The summed E-state index contributed by atoms with van der Waals surface area (Å²) in [5.41, 5.74) is 2.67. The van der Waals surface area contributed by atoms with Gasteiger partial charge in [-0.05, 0) is 52.2 Å². The highest BCUT2D eigenvalue weighted by molar-refractivity contribution is 5.08. The average molecular weight is 262 g/mol. The van der Waals surface area contributed by atoms with Gasteiger partial charge in [-0.1, -0.05) is 38.2 Å². The fourth-order valence-corrected chi connectivity index (χ4v) is 1.87. The molecule has 0 saturated heterocycles. The second-order valence-corrected chi connectivity index (χ2v) is 4.98. The molecule has 108 valence electrons. The number of hydrogen-bond donors (Lipinski definition) is 0. The maximum absolute atomic E-state index is 3.89. The molecular weight excluding hydrogens is 232 g/mol. The van der Waals surface area contributed by atoms with E-state index in [1.165, 1.54) is 37.0 Å². The Balaban J connectivity index is 3.79. The lowest BCUT2D eigenvalue weighted by Gasteiger charge is -2.22. The maximum atomic E-state index is 3.89. The van der Waals surface area contributed by atoms with Crippen molar-refractivity contribution in [3.63, 3.8) is 0 Å². The smallest absolute Gasteiger partial charge is 0.0221 e. The van der Waals surface area contributed by atoms with Gasteiger partial charge in [-0.2, -0.15) is 0 Å². The molecule has 0 radical (unpaired) electrons. The van der Waals surface area contributed by atoms with Crippen molar-refractivity contribution in [1.29, 1.82) is 0 Å². The molecule has 0 aromatic heterocycles. The summed E-state index contributed by atoms with van der Waals surface area (Å²) >= 11 is 0. The van der Waals surface area contributed by atoms with Crippen LogP contribution in [0.4, 0.5) is 0 Å². The Kier molecular flexibility index (Phi) is 9.69. The molecule has 0 aliphatic rings. The summed E-state index contributed by atoms with van der Waals surface area (Å²) in [5.74, 6) is 0. The second kappa shape index (κ2) is 10.5. The zero-order valence-corrected chi connectivity index (χ0v) is 13.0. The lowest BCUT2D eigenvalue weighted by atomic mass is 10.1. The van der Waals surface area contributed by atoms with E-state index in [4.69, 9.17) is 0 Å². The van der Waals surface area contributed by atoms with Gasteiger partial charge in [0.2, 0.25) is 0 Å². The van der Waals surface area contributed by atoms with E-state index in [2.05, 4.69) is 45.4 Å². The van der Waals surface area contributed by atoms with Crippen LogP contribution in [0, 0.1) is 0 Å². The molecule has 0 rings (SSSR count). The molecule has 0 fully saturated rings. The van der Waals surface area contributed by atoms with Crippen LogP contribution < -0.4 is 0 Å². The molecule has 0 aliphatic heterocycles. The normalized spacial score (nSPS) is 9.63. The Bertz CT molecular complexity index is 303. The molecule has 0 bridgehead atoms. The average Bonchev–Trinajstić information content (AvgIpc) is 2.41. The molecule has 0 spiro atoms. The molecule has 0 atom stereocenters. The van der Waals surface area contributed by atoms with E-state index in [-0.39, 0.29) is 0 Å². The van der Waals surface area contributed by atoms with E-state index in [9.17, 15) is 0 Å². The minimum Gasteiger partial charge on any atom is -0.355 e. The fraction of sp³-hybridized carbons (Fsp3) is 0.529. The van der Waals surface area contributed by atoms with E-state index in [1.807, 2.05) is 23.5 Å². The number of hydrogen-bond acceptors (Lipinski definition) is 2. The summed E-state index contributed by atoms with van der Waals surface area (Å²) in [6.07, 6.45) is 10.5. The lowest BCUT2D eigenvalue weighted by molar-refractivity contribution is 0.423. The SMILES string of the molecule is C=CN(C=C)CCCCCCN(C=C)C(C)=C(C)C. The zero-order valence-electron chi connectivity index (χ0n) is 13.0. The standard InChI is InChI=1S/C17H30N2/c1-7-18(8-2)14-12-10-11-13-15-19(9-3)17(6)16(4)5/h7-9H,1-3,10-15H2,4-6H3. The fourth-order valence-electron chi connectivity index (χ4n) is 1.87. The van der Waals surface area contributed by atoms with Crippen molar-refractivity contribution in [2.75, 3.05) is 13.1 Å². The van der Waals surface area contributed by atoms with Crippen molar-refractivity contribution in [2.24, 2.45) is 0 Å². The van der Waals surface area contributed by atoms with Crippen LogP contribution in [0.2, 0.25) is 0 Å². The Morgan fingerprint density at radius 1 is 0.789 bits per heavy atom. The van der Waals surface area contributed by atoms with Crippen LogP contribution >= 0.6 is 0 Å². The van der Waals surface area contributed by atoms with Gasteiger partial charge in [0.05, 0.1) is 0 Å². The summed E-state index contributed by atoms with van der Waals surface area (Å²) in [4.78, 5) is 4.28. The van der Waals surface area contributed by atoms with Gasteiger partial charge in [0.1, 0.15) is 0 Å². The zero-order chi connectivity index (χ0) is 14.7. The van der Waals surface area contributed by atoms with Crippen LogP contribution in [0.25, 0.3) is 0 Å². The topological polar surface area (TPSA) is 6.48 Å². The molecule has 0 aromatic rings.